The minimum atomic E-state index is -1.19. The van der Waals surface area contributed by atoms with Crippen molar-refractivity contribution in [2.24, 2.45) is 0 Å². The Morgan fingerprint density at radius 2 is 0.788 bits per heavy atom. The number of nitrogens with one attached hydrogen (secondary N) is 2. The maximum absolute atomic E-state index is 13.1. The molecule has 0 radical (unpaired) electrons. The van der Waals surface area contributed by atoms with Crippen molar-refractivity contribution in [2.45, 2.75) is 0 Å². The van der Waals surface area contributed by atoms with Gasteiger partial charge in [0.25, 0.3) is 23.6 Å². The monoisotopic (exact) mass is 872 g/mol. The van der Waals surface area contributed by atoms with Crippen molar-refractivity contribution in [2.75, 3.05) is 9.80 Å². The molecule has 0 fully saturated rings. The van der Waals surface area contributed by atoms with E-state index in [0.29, 0.717) is 68.2 Å². The number of carbonyl (C=O) groups excluding carboxylic acids is 4. The highest BCUT2D eigenvalue weighted by Crippen LogP contribution is 2.35. The highest BCUT2D eigenvalue weighted by molar-refractivity contribution is 6.35. The predicted molar refractivity (Wildman–Crippen MR) is 239 cm³/mol. The van der Waals surface area contributed by atoms with Crippen LogP contribution in [0.3, 0.4) is 0 Å². The Morgan fingerprint density at radius 1 is 0.424 bits per heavy atom. The standard InChI is InChI=1S/C50H28N6O10/c57-45-35-17-5-27(49(61)62)21-37(35)47(59)55(45)29-7-1-25(2-8-29)43-51-39-19-15-33(23-41(39)53-43)65-31-11-13-32(14-12-31)66-34-16-20-40-42(24-34)54-44(52-40)26-3-9-30(10-4-26)56-46(58)36-18-6-28(50(63)64)22-38(36)48(56)60/h1-24H,(H,51,53)(H,52,54)(H,61,62)(H,63,64). The van der Waals surface area contributed by atoms with Crippen LogP contribution in [0.2, 0.25) is 0 Å². The van der Waals surface area contributed by atoms with Gasteiger partial charge in [-0.05, 0) is 133 Å². The molecule has 2 aliphatic heterocycles. The molecule has 2 aliphatic rings. The fourth-order valence-corrected chi connectivity index (χ4v) is 7.97. The van der Waals surface area contributed by atoms with Gasteiger partial charge in [0.1, 0.15) is 34.6 Å². The predicted octanol–water partition coefficient (Wildman–Crippen LogP) is 9.36. The van der Waals surface area contributed by atoms with Crippen molar-refractivity contribution >= 4 is 69.0 Å². The minimum absolute atomic E-state index is 0.0435. The van der Waals surface area contributed by atoms with E-state index < -0.39 is 35.6 Å². The lowest BCUT2D eigenvalue weighted by Gasteiger charge is -2.14. The third-order valence-corrected chi connectivity index (χ3v) is 11.3. The van der Waals surface area contributed by atoms with Crippen LogP contribution in [0.4, 0.5) is 11.4 Å². The zero-order valence-corrected chi connectivity index (χ0v) is 33.8. The number of hydrogen-bond acceptors (Lipinski definition) is 10. The normalized spacial score (nSPS) is 13.2. The molecular formula is C50H28N6O10. The Labute approximate surface area is 370 Å². The van der Waals surface area contributed by atoms with Gasteiger partial charge in [0.15, 0.2) is 0 Å². The molecule has 7 aromatic carbocycles. The van der Waals surface area contributed by atoms with Crippen LogP contribution < -0.4 is 19.3 Å². The molecule has 16 heteroatoms. The zero-order chi connectivity index (χ0) is 45.4. The summed E-state index contributed by atoms with van der Waals surface area (Å²) in [6, 6.07) is 39.2. The Balaban J connectivity index is 0.732. The van der Waals surface area contributed by atoms with Gasteiger partial charge in [-0.15, -0.1) is 0 Å². The number of carbonyl (C=O) groups is 6. The smallest absolute Gasteiger partial charge is 0.335 e. The molecule has 4 amide bonds. The fraction of sp³-hybridized carbons (Fsp3) is 0. The first-order valence-corrected chi connectivity index (χ1v) is 20.1. The Kier molecular flexibility index (Phi) is 8.89. The van der Waals surface area contributed by atoms with E-state index >= 15 is 0 Å². The molecular weight excluding hydrogens is 845 g/mol. The van der Waals surface area contributed by atoms with Gasteiger partial charge in [0, 0.05) is 23.3 Å². The Morgan fingerprint density at radius 3 is 1.17 bits per heavy atom. The number of ether oxygens (including phenoxy) is 2. The molecule has 0 bridgehead atoms. The third-order valence-electron chi connectivity index (χ3n) is 11.3. The molecule has 0 saturated carbocycles. The molecule has 0 spiro atoms. The molecule has 9 aromatic rings. The van der Waals surface area contributed by atoms with E-state index in [1.165, 1.54) is 36.4 Å². The van der Waals surface area contributed by atoms with Crippen molar-refractivity contribution in [3.63, 3.8) is 0 Å². The van der Waals surface area contributed by atoms with Crippen LogP contribution in [-0.4, -0.2) is 65.7 Å². The molecule has 66 heavy (non-hydrogen) atoms. The van der Waals surface area contributed by atoms with Crippen LogP contribution >= 0.6 is 0 Å². The van der Waals surface area contributed by atoms with Crippen LogP contribution in [-0.2, 0) is 0 Å². The lowest BCUT2D eigenvalue weighted by atomic mass is 10.1. The lowest BCUT2D eigenvalue weighted by molar-refractivity contribution is 0.0686. The summed E-state index contributed by atoms with van der Waals surface area (Å²) in [6.07, 6.45) is 0. The third kappa shape index (κ3) is 6.65. The van der Waals surface area contributed by atoms with E-state index in [2.05, 4.69) is 9.97 Å². The number of carboxylic acids is 2. The number of imide groups is 2. The summed E-state index contributed by atoms with van der Waals surface area (Å²) in [6.45, 7) is 0. The molecule has 0 saturated heterocycles. The summed E-state index contributed by atoms with van der Waals surface area (Å²) in [4.78, 5) is 93.3. The van der Waals surface area contributed by atoms with Crippen molar-refractivity contribution in [3.8, 4) is 45.8 Å². The second-order valence-electron chi connectivity index (χ2n) is 15.3. The average Bonchev–Trinajstić information content (AvgIpc) is 4.08. The lowest BCUT2D eigenvalue weighted by Crippen LogP contribution is -2.29. The molecule has 0 aliphatic carbocycles. The number of amides is 4. The number of benzene rings is 7. The van der Waals surface area contributed by atoms with Gasteiger partial charge in [-0.25, -0.2) is 29.4 Å². The maximum atomic E-state index is 13.1. The highest BCUT2D eigenvalue weighted by Gasteiger charge is 2.38. The first kappa shape index (κ1) is 39.2. The number of aromatic carboxylic acids is 2. The van der Waals surface area contributed by atoms with Crippen LogP contribution in [0.25, 0.3) is 44.8 Å². The van der Waals surface area contributed by atoms with Gasteiger partial charge in [0.05, 0.1) is 66.8 Å². The zero-order valence-electron chi connectivity index (χ0n) is 33.8. The second-order valence-corrected chi connectivity index (χ2v) is 15.3. The Hall–Kier alpha value is -9.70. The molecule has 11 rings (SSSR count). The van der Waals surface area contributed by atoms with Crippen LogP contribution in [0.5, 0.6) is 23.0 Å². The number of aromatic nitrogens is 4. The quantitative estimate of drug-likeness (QED) is 0.0943. The molecule has 0 unspecified atom stereocenters. The molecule has 2 aromatic heterocycles. The molecule has 4 heterocycles. The van der Waals surface area contributed by atoms with Gasteiger partial charge in [-0.2, -0.15) is 0 Å². The molecule has 16 nitrogen and oxygen atoms in total. The summed E-state index contributed by atoms with van der Waals surface area (Å²) in [7, 11) is 0. The summed E-state index contributed by atoms with van der Waals surface area (Å²) < 4.78 is 12.3. The van der Waals surface area contributed by atoms with E-state index in [0.717, 1.165) is 20.8 Å². The number of carboxylic acid groups (broad SMARTS) is 2. The fourth-order valence-electron chi connectivity index (χ4n) is 7.97. The van der Waals surface area contributed by atoms with Crippen molar-refractivity contribution in [1.82, 2.24) is 19.9 Å². The largest absolute Gasteiger partial charge is 0.478 e. The van der Waals surface area contributed by atoms with Gasteiger partial charge in [-0.3, -0.25) is 19.2 Å². The number of imidazole rings is 2. The second kappa shape index (κ2) is 15.0. The van der Waals surface area contributed by atoms with Crippen molar-refractivity contribution < 1.29 is 48.5 Å². The van der Waals surface area contributed by atoms with Crippen LogP contribution in [0.1, 0.15) is 62.1 Å². The van der Waals surface area contributed by atoms with E-state index in [-0.39, 0.29) is 33.4 Å². The maximum Gasteiger partial charge on any atom is 0.335 e. The van der Waals surface area contributed by atoms with Gasteiger partial charge in [-0.1, -0.05) is 0 Å². The number of nitrogens with zero attached hydrogens (tertiary/aromatic N) is 4. The van der Waals surface area contributed by atoms with Gasteiger partial charge in [0.2, 0.25) is 0 Å². The molecule has 318 valence electrons. The van der Waals surface area contributed by atoms with Crippen LogP contribution in [0, 0.1) is 0 Å². The van der Waals surface area contributed by atoms with E-state index in [9.17, 15) is 39.0 Å². The topological polar surface area (TPSA) is 225 Å². The number of fused-ring (bicyclic) bond motifs is 4. The van der Waals surface area contributed by atoms with Gasteiger partial charge < -0.3 is 29.7 Å². The number of hydrogen-bond donors (Lipinski definition) is 4. The summed E-state index contributed by atoms with van der Waals surface area (Å²) >= 11 is 0. The first-order chi connectivity index (χ1) is 31.9. The number of anilines is 2. The van der Waals surface area contributed by atoms with Crippen molar-refractivity contribution in [1.29, 1.82) is 0 Å². The number of H-pyrrole nitrogens is 2. The highest BCUT2D eigenvalue weighted by atomic mass is 16.5. The summed E-state index contributed by atoms with van der Waals surface area (Å²) in [5, 5.41) is 18.6. The van der Waals surface area contributed by atoms with E-state index in [1.807, 2.05) is 24.3 Å². The SMILES string of the molecule is O=C(O)c1ccc2c(c1)C(=O)N(c1ccc(-c3nc4cc(Oc5ccc(Oc6ccc7[nH]c(-c8ccc(N9C(=O)c%10ccc(C(=O)O)cc%10C9=O)cc8)nc7c6)cc5)ccc4[nH]3)cc1)C2=O. The number of aromatic amines is 2. The van der Waals surface area contributed by atoms with Crippen LogP contribution in [0.15, 0.2) is 146 Å². The average molecular weight is 873 g/mol. The number of rotatable bonds is 10. The Bertz CT molecular complexity index is 3340. The minimum Gasteiger partial charge on any atom is -0.478 e. The van der Waals surface area contributed by atoms with Gasteiger partial charge >= 0.3 is 11.9 Å². The van der Waals surface area contributed by atoms with E-state index in [1.54, 1.807) is 84.9 Å². The summed E-state index contributed by atoms with van der Waals surface area (Å²) in [5.41, 5.74) is 5.15. The van der Waals surface area contributed by atoms with Crippen molar-refractivity contribution in [3.05, 3.63) is 179 Å². The summed E-state index contributed by atoms with van der Waals surface area (Å²) in [5.74, 6) is -1.27. The first-order valence-electron chi connectivity index (χ1n) is 20.1. The van der Waals surface area contributed by atoms with E-state index in [4.69, 9.17) is 19.4 Å². The molecule has 4 N–H and O–H groups in total. The molecule has 0 atom stereocenters.